The summed E-state index contributed by atoms with van der Waals surface area (Å²) in [5.41, 5.74) is 5.59. The molecular formula is C11H26N2. The molecule has 2 N–H and O–H groups in total. The van der Waals surface area contributed by atoms with Crippen molar-refractivity contribution in [3.05, 3.63) is 0 Å². The van der Waals surface area contributed by atoms with E-state index in [0.717, 1.165) is 12.5 Å². The van der Waals surface area contributed by atoms with Gasteiger partial charge in [0.15, 0.2) is 0 Å². The molecule has 0 radical (unpaired) electrons. The summed E-state index contributed by atoms with van der Waals surface area (Å²) in [5.74, 6) is 0.854. The molecule has 0 aromatic rings. The van der Waals surface area contributed by atoms with E-state index in [1.165, 1.54) is 38.6 Å². The first-order chi connectivity index (χ1) is 6.20. The maximum atomic E-state index is 5.59. The Balaban J connectivity index is 3.53. The zero-order chi connectivity index (χ0) is 10.1. The third-order valence-corrected chi connectivity index (χ3v) is 2.53. The van der Waals surface area contributed by atoms with Crippen LogP contribution in [-0.4, -0.2) is 32.1 Å². The molecule has 0 saturated heterocycles. The zero-order valence-corrected chi connectivity index (χ0v) is 9.55. The summed E-state index contributed by atoms with van der Waals surface area (Å²) in [4.78, 5) is 2.26. The minimum absolute atomic E-state index is 0.849. The molecule has 0 spiro atoms. The molecule has 0 bridgehead atoms. The minimum Gasteiger partial charge on any atom is -0.330 e. The maximum Gasteiger partial charge on any atom is -0.00222 e. The van der Waals surface area contributed by atoms with E-state index in [2.05, 4.69) is 25.9 Å². The van der Waals surface area contributed by atoms with Crippen LogP contribution in [0.25, 0.3) is 0 Å². The van der Waals surface area contributed by atoms with Crippen molar-refractivity contribution in [2.75, 3.05) is 27.2 Å². The molecule has 2 heteroatoms. The molecule has 1 unspecified atom stereocenters. The van der Waals surface area contributed by atoms with Gasteiger partial charge < -0.3 is 10.6 Å². The third kappa shape index (κ3) is 8.26. The Morgan fingerprint density at radius 1 is 1.15 bits per heavy atom. The largest absolute Gasteiger partial charge is 0.330 e. The van der Waals surface area contributed by atoms with E-state index in [-0.39, 0.29) is 0 Å². The van der Waals surface area contributed by atoms with Crippen LogP contribution in [0.4, 0.5) is 0 Å². The molecule has 0 aliphatic rings. The van der Waals surface area contributed by atoms with E-state index in [1.807, 2.05) is 0 Å². The fourth-order valence-corrected chi connectivity index (χ4v) is 1.60. The molecule has 0 amide bonds. The van der Waals surface area contributed by atoms with Gasteiger partial charge in [0.05, 0.1) is 0 Å². The summed E-state index contributed by atoms with van der Waals surface area (Å²) in [6.45, 7) is 4.31. The molecule has 0 rings (SSSR count). The van der Waals surface area contributed by atoms with Crippen LogP contribution in [0.2, 0.25) is 0 Å². The minimum atomic E-state index is 0.849. The predicted molar refractivity (Wildman–Crippen MR) is 59.9 cm³/mol. The molecule has 0 aromatic carbocycles. The second kappa shape index (κ2) is 8.52. The monoisotopic (exact) mass is 186 g/mol. The Bertz CT molecular complexity index is 102. The molecule has 1 atom stereocenters. The molecule has 0 aromatic heterocycles. The third-order valence-electron chi connectivity index (χ3n) is 2.53. The van der Waals surface area contributed by atoms with E-state index in [4.69, 9.17) is 5.73 Å². The highest BCUT2D eigenvalue weighted by Crippen LogP contribution is 2.16. The van der Waals surface area contributed by atoms with E-state index >= 15 is 0 Å². The fourth-order valence-electron chi connectivity index (χ4n) is 1.60. The Morgan fingerprint density at radius 2 is 1.85 bits per heavy atom. The smallest absolute Gasteiger partial charge is 0.00222 e. The lowest BCUT2D eigenvalue weighted by Crippen LogP contribution is -2.18. The Kier molecular flexibility index (Phi) is 8.46. The van der Waals surface area contributed by atoms with Crippen LogP contribution in [0.1, 0.15) is 39.0 Å². The summed E-state index contributed by atoms with van der Waals surface area (Å²) in [6.07, 6.45) is 6.54. The van der Waals surface area contributed by atoms with E-state index in [9.17, 15) is 0 Å². The predicted octanol–water partition coefficient (Wildman–Crippen LogP) is 2.09. The first-order valence-electron chi connectivity index (χ1n) is 5.55. The van der Waals surface area contributed by atoms with E-state index in [0.29, 0.717) is 0 Å². The summed E-state index contributed by atoms with van der Waals surface area (Å²) in [5, 5.41) is 0. The van der Waals surface area contributed by atoms with Gasteiger partial charge in [0.25, 0.3) is 0 Å². The second-order valence-corrected chi connectivity index (χ2v) is 4.18. The Labute approximate surface area is 83.5 Å². The van der Waals surface area contributed by atoms with Gasteiger partial charge in [-0.1, -0.05) is 26.2 Å². The van der Waals surface area contributed by atoms with Crippen molar-refractivity contribution < 1.29 is 0 Å². The lowest BCUT2D eigenvalue weighted by molar-refractivity contribution is 0.325. The number of nitrogens with two attached hydrogens (primary N) is 1. The number of hydrogen-bond donors (Lipinski definition) is 1. The van der Waals surface area contributed by atoms with Gasteiger partial charge in [-0.3, -0.25) is 0 Å². The van der Waals surface area contributed by atoms with Crippen LogP contribution in [0.15, 0.2) is 0 Å². The van der Waals surface area contributed by atoms with Crippen molar-refractivity contribution in [3.63, 3.8) is 0 Å². The van der Waals surface area contributed by atoms with Crippen molar-refractivity contribution >= 4 is 0 Å². The average molecular weight is 186 g/mol. The number of unbranched alkanes of at least 4 members (excludes halogenated alkanes) is 1. The van der Waals surface area contributed by atoms with Gasteiger partial charge >= 0.3 is 0 Å². The van der Waals surface area contributed by atoms with Gasteiger partial charge in [-0.2, -0.15) is 0 Å². The highest BCUT2D eigenvalue weighted by atomic mass is 15.0. The van der Waals surface area contributed by atoms with Gasteiger partial charge in [0, 0.05) is 0 Å². The molecule has 0 aliphatic carbocycles. The fraction of sp³-hybridized carbons (Fsp3) is 1.00. The topological polar surface area (TPSA) is 29.3 Å². The van der Waals surface area contributed by atoms with Crippen molar-refractivity contribution in [1.29, 1.82) is 0 Å². The van der Waals surface area contributed by atoms with Gasteiger partial charge in [0.2, 0.25) is 0 Å². The van der Waals surface area contributed by atoms with Crippen LogP contribution in [0, 0.1) is 5.92 Å². The van der Waals surface area contributed by atoms with Crippen molar-refractivity contribution in [1.82, 2.24) is 4.90 Å². The first kappa shape index (κ1) is 12.9. The molecular weight excluding hydrogens is 160 g/mol. The van der Waals surface area contributed by atoms with Gasteiger partial charge in [0.1, 0.15) is 0 Å². The molecule has 0 saturated carbocycles. The zero-order valence-electron chi connectivity index (χ0n) is 9.55. The highest BCUT2D eigenvalue weighted by molar-refractivity contribution is 4.61. The Hall–Kier alpha value is -0.0800. The van der Waals surface area contributed by atoms with Gasteiger partial charge in [-0.05, 0) is 45.9 Å². The lowest BCUT2D eigenvalue weighted by atomic mass is 9.95. The summed E-state index contributed by atoms with van der Waals surface area (Å²) in [7, 11) is 4.28. The molecule has 0 fully saturated rings. The second-order valence-electron chi connectivity index (χ2n) is 4.18. The van der Waals surface area contributed by atoms with Crippen molar-refractivity contribution in [3.8, 4) is 0 Å². The normalized spacial score (nSPS) is 13.6. The standard InChI is InChI=1S/C11H26N2/c1-4-5-6-11(7-9-12)8-10-13(2)3/h11H,4-10,12H2,1-3H3. The van der Waals surface area contributed by atoms with Gasteiger partial charge in [-0.25, -0.2) is 0 Å². The first-order valence-corrected chi connectivity index (χ1v) is 5.55. The quantitative estimate of drug-likeness (QED) is 0.629. The van der Waals surface area contributed by atoms with E-state index in [1.54, 1.807) is 0 Å². The number of rotatable bonds is 8. The van der Waals surface area contributed by atoms with Crippen molar-refractivity contribution in [2.45, 2.75) is 39.0 Å². The number of nitrogens with zero attached hydrogens (tertiary/aromatic N) is 1. The molecule has 2 nitrogen and oxygen atoms in total. The molecule has 80 valence electrons. The lowest BCUT2D eigenvalue weighted by Gasteiger charge is -2.18. The van der Waals surface area contributed by atoms with Gasteiger partial charge in [-0.15, -0.1) is 0 Å². The summed E-state index contributed by atoms with van der Waals surface area (Å²) >= 11 is 0. The number of hydrogen-bond acceptors (Lipinski definition) is 2. The van der Waals surface area contributed by atoms with Crippen LogP contribution < -0.4 is 5.73 Å². The maximum absolute atomic E-state index is 5.59. The molecule has 0 aliphatic heterocycles. The molecule has 0 heterocycles. The Morgan fingerprint density at radius 3 is 2.31 bits per heavy atom. The van der Waals surface area contributed by atoms with Crippen LogP contribution in [0.3, 0.4) is 0 Å². The summed E-state index contributed by atoms with van der Waals surface area (Å²) < 4.78 is 0. The van der Waals surface area contributed by atoms with Crippen LogP contribution >= 0.6 is 0 Å². The summed E-state index contributed by atoms with van der Waals surface area (Å²) in [6, 6.07) is 0. The van der Waals surface area contributed by atoms with Crippen molar-refractivity contribution in [2.24, 2.45) is 11.7 Å². The van der Waals surface area contributed by atoms with Crippen LogP contribution in [0.5, 0.6) is 0 Å². The van der Waals surface area contributed by atoms with E-state index < -0.39 is 0 Å². The highest BCUT2D eigenvalue weighted by Gasteiger charge is 2.07. The average Bonchev–Trinajstić information content (AvgIpc) is 2.09. The SMILES string of the molecule is CCCCC(CCN)CCN(C)C. The molecule has 13 heavy (non-hydrogen) atoms. The van der Waals surface area contributed by atoms with Crippen LogP contribution in [-0.2, 0) is 0 Å².